The van der Waals surface area contributed by atoms with Gasteiger partial charge >= 0.3 is 5.97 Å². The van der Waals surface area contributed by atoms with Crippen molar-refractivity contribution in [2.45, 2.75) is 5.92 Å². The summed E-state index contributed by atoms with van der Waals surface area (Å²) < 4.78 is 9.42. The molecule has 1 N–H and O–H groups in total. The molecule has 1 atom stereocenters. The second kappa shape index (κ2) is 3.92. The number of carbonyl (C=O) groups excluding carboxylic acids is 1. The summed E-state index contributed by atoms with van der Waals surface area (Å²) in [6.07, 6.45) is 1.45. The van der Waals surface area contributed by atoms with Gasteiger partial charge in [-0.2, -0.15) is 0 Å². The van der Waals surface area contributed by atoms with Gasteiger partial charge in [0.2, 0.25) is 0 Å². The summed E-state index contributed by atoms with van der Waals surface area (Å²) >= 11 is 0. The minimum atomic E-state index is -0.704. The van der Waals surface area contributed by atoms with Crippen LogP contribution in [0, 0.1) is 0 Å². The van der Waals surface area contributed by atoms with E-state index in [1.807, 2.05) is 0 Å². The molecule has 0 bridgehead atoms. The first kappa shape index (κ1) is 8.80. The van der Waals surface area contributed by atoms with Gasteiger partial charge in [-0.05, 0) is 12.1 Å². The lowest BCUT2D eigenvalue weighted by Gasteiger charge is -2.07. The molecular weight excluding hydrogens is 160 g/mol. The van der Waals surface area contributed by atoms with E-state index in [4.69, 9.17) is 9.52 Å². The maximum absolute atomic E-state index is 11.0. The van der Waals surface area contributed by atoms with E-state index in [1.54, 1.807) is 12.1 Å². The molecule has 4 heteroatoms. The Hall–Kier alpha value is -1.29. The normalized spacial score (nSPS) is 12.5. The molecule has 1 rings (SSSR count). The summed E-state index contributed by atoms with van der Waals surface area (Å²) in [5.74, 6) is -0.776. The van der Waals surface area contributed by atoms with E-state index >= 15 is 0 Å². The first-order chi connectivity index (χ1) is 5.79. The summed E-state index contributed by atoms with van der Waals surface area (Å²) in [7, 11) is 1.27. The average Bonchev–Trinajstić information content (AvgIpc) is 2.58. The molecule has 0 fully saturated rings. The third-order valence-corrected chi connectivity index (χ3v) is 1.55. The predicted molar refractivity (Wildman–Crippen MR) is 40.6 cm³/mol. The number of furan rings is 1. The molecule has 0 aliphatic rings. The second-order valence-electron chi connectivity index (χ2n) is 2.27. The molecule has 0 saturated heterocycles. The maximum atomic E-state index is 11.0. The Balaban J connectivity index is 2.76. The van der Waals surface area contributed by atoms with Gasteiger partial charge in [0.15, 0.2) is 0 Å². The van der Waals surface area contributed by atoms with Crippen LogP contribution in [-0.2, 0) is 9.53 Å². The van der Waals surface area contributed by atoms with Crippen LogP contribution in [0.3, 0.4) is 0 Å². The highest BCUT2D eigenvalue weighted by atomic mass is 16.5. The van der Waals surface area contributed by atoms with Gasteiger partial charge in [-0.1, -0.05) is 0 Å². The Labute approximate surface area is 69.8 Å². The molecule has 12 heavy (non-hydrogen) atoms. The molecule has 1 aromatic heterocycles. The van der Waals surface area contributed by atoms with E-state index in [2.05, 4.69) is 4.74 Å². The van der Waals surface area contributed by atoms with E-state index in [0.717, 1.165) is 0 Å². The largest absolute Gasteiger partial charge is 0.468 e. The van der Waals surface area contributed by atoms with Crippen molar-refractivity contribution in [3.63, 3.8) is 0 Å². The van der Waals surface area contributed by atoms with Crippen LogP contribution >= 0.6 is 0 Å². The quantitative estimate of drug-likeness (QED) is 0.672. The molecule has 0 amide bonds. The summed E-state index contributed by atoms with van der Waals surface area (Å²) in [5.41, 5.74) is 0. The van der Waals surface area contributed by atoms with Crippen molar-refractivity contribution in [3.8, 4) is 0 Å². The monoisotopic (exact) mass is 170 g/mol. The van der Waals surface area contributed by atoms with E-state index < -0.39 is 11.9 Å². The van der Waals surface area contributed by atoms with Crippen molar-refractivity contribution >= 4 is 5.97 Å². The molecule has 0 saturated carbocycles. The molecule has 0 radical (unpaired) electrons. The van der Waals surface area contributed by atoms with Crippen LogP contribution in [0.15, 0.2) is 22.8 Å². The molecule has 0 spiro atoms. The van der Waals surface area contributed by atoms with E-state index in [1.165, 1.54) is 13.4 Å². The molecule has 0 aromatic carbocycles. The topological polar surface area (TPSA) is 59.7 Å². The van der Waals surface area contributed by atoms with E-state index in [0.29, 0.717) is 5.76 Å². The summed E-state index contributed by atoms with van der Waals surface area (Å²) in [5, 5.41) is 8.84. The SMILES string of the molecule is COC(=O)C(CO)c1ccco1. The van der Waals surface area contributed by atoms with Gasteiger partial charge in [0.25, 0.3) is 0 Å². The van der Waals surface area contributed by atoms with Crippen molar-refractivity contribution in [1.82, 2.24) is 0 Å². The van der Waals surface area contributed by atoms with Crippen molar-refractivity contribution in [2.24, 2.45) is 0 Å². The van der Waals surface area contributed by atoms with Gasteiger partial charge in [0.1, 0.15) is 11.7 Å². The molecule has 66 valence electrons. The maximum Gasteiger partial charge on any atom is 0.318 e. The van der Waals surface area contributed by atoms with Crippen molar-refractivity contribution in [3.05, 3.63) is 24.2 Å². The number of aliphatic hydroxyl groups is 1. The fraction of sp³-hybridized carbons (Fsp3) is 0.375. The first-order valence-electron chi connectivity index (χ1n) is 3.51. The Morgan fingerprint density at radius 2 is 2.58 bits per heavy atom. The van der Waals surface area contributed by atoms with Gasteiger partial charge in [0, 0.05) is 0 Å². The number of carbonyl (C=O) groups is 1. The molecule has 1 heterocycles. The minimum Gasteiger partial charge on any atom is -0.468 e. The highest BCUT2D eigenvalue weighted by Gasteiger charge is 2.22. The Morgan fingerprint density at radius 1 is 1.83 bits per heavy atom. The zero-order valence-electron chi connectivity index (χ0n) is 6.69. The van der Waals surface area contributed by atoms with Crippen LogP contribution in [0.5, 0.6) is 0 Å². The number of esters is 1. The zero-order chi connectivity index (χ0) is 8.97. The van der Waals surface area contributed by atoms with E-state index in [-0.39, 0.29) is 6.61 Å². The number of hydrogen-bond acceptors (Lipinski definition) is 4. The Morgan fingerprint density at radius 3 is 3.00 bits per heavy atom. The van der Waals surface area contributed by atoms with Crippen LogP contribution in [-0.4, -0.2) is 24.8 Å². The average molecular weight is 170 g/mol. The van der Waals surface area contributed by atoms with Crippen LogP contribution in [0.1, 0.15) is 11.7 Å². The van der Waals surface area contributed by atoms with Gasteiger partial charge in [-0.15, -0.1) is 0 Å². The molecule has 1 aromatic rings. The summed E-state index contributed by atoms with van der Waals surface area (Å²) in [4.78, 5) is 11.0. The summed E-state index contributed by atoms with van der Waals surface area (Å²) in [6, 6.07) is 3.28. The van der Waals surface area contributed by atoms with Crippen LogP contribution in [0.4, 0.5) is 0 Å². The Kier molecular flexibility index (Phi) is 2.88. The fourth-order valence-electron chi connectivity index (χ4n) is 0.912. The number of aliphatic hydroxyl groups excluding tert-OH is 1. The first-order valence-corrected chi connectivity index (χ1v) is 3.51. The van der Waals surface area contributed by atoms with Crippen molar-refractivity contribution < 1.29 is 19.1 Å². The standard InChI is InChI=1S/C8H10O4/c1-11-8(10)6(5-9)7-3-2-4-12-7/h2-4,6,9H,5H2,1H3. The predicted octanol–water partition coefficient (Wildman–Crippen LogP) is 0.528. The highest BCUT2D eigenvalue weighted by molar-refractivity contribution is 5.77. The Bertz CT molecular complexity index is 240. The van der Waals surface area contributed by atoms with Crippen LogP contribution < -0.4 is 0 Å². The lowest BCUT2D eigenvalue weighted by atomic mass is 10.1. The zero-order valence-corrected chi connectivity index (χ0v) is 6.69. The molecular formula is C8H10O4. The van der Waals surface area contributed by atoms with Crippen molar-refractivity contribution in [2.75, 3.05) is 13.7 Å². The van der Waals surface area contributed by atoms with Gasteiger partial charge in [0.05, 0.1) is 20.0 Å². The number of methoxy groups -OCH3 is 1. The van der Waals surface area contributed by atoms with Crippen molar-refractivity contribution in [1.29, 1.82) is 0 Å². The lowest BCUT2D eigenvalue weighted by Crippen LogP contribution is -2.17. The molecule has 1 unspecified atom stereocenters. The third-order valence-electron chi connectivity index (χ3n) is 1.55. The molecule has 4 nitrogen and oxygen atoms in total. The number of hydrogen-bond donors (Lipinski definition) is 1. The highest BCUT2D eigenvalue weighted by Crippen LogP contribution is 2.16. The molecule has 0 aliphatic carbocycles. The minimum absolute atomic E-state index is 0.305. The van der Waals surface area contributed by atoms with Gasteiger partial charge in [-0.3, -0.25) is 4.79 Å². The van der Waals surface area contributed by atoms with Crippen LogP contribution in [0.2, 0.25) is 0 Å². The second-order valence-corrected chi connectivity index (χ2v) is 2.27. The van der Waals surface area contributed by atoms with Gasteiger partial charge < -0.3 is 14.3 Å². The third kappa shape index (κ3) is 1.65. The van der Waals surface area contributed by atoms with E-state index in [9.17, 15) is 4.79 Å². The molecule has 0 aliphatic heterocycles. The lowest BCUT2D eigenvalue weighted by molar-refractivity contribution is -0.143. The number of rotatable bonds is 3. The summed E-state index contributed by atoms with van der Waals surface area (Å²) in [6.45, 7) is -0.305. The van der Waals surface area contributed by atoms with Crippen LogP contribution in [0.25, 0.3) is 0 Å². The smallest absolute Gasteiger partial charge is 0.318 e. The fourth-order valence-corrected chi connectivity index (χ4v) is 0.912. The van der Waals surface area contributed by atoms with Gasteiger partial charge in [-0.25, -0.2) is 0 Å². The number of ether oxygens (including phenoxy) is 1.